The second-order valence-electron chi connectivity index (χ2n) is 5.88. The molecule has 0 saturated heterocycles. The molecule has 1 aromatic rings. The van der Waals surface area contributed by atoms with Gasteiger partial charge in [0.1, 0.15) is 5.76 Å². The molecule has 0 amide bonds. The predicted molar refractivity (Wildman–Crippen MR) is 107 cm³/mol. The zero-order valence-corrected chi connectivity index (χ0v) is 17.6. The molecule has 134 valence electrons. The monoisotopic (exact) mass is 437 g/mol. The molecule has 0 unspecified atom stereocenters. The van der Waals surface area contributed by atoms with E-state index >= 15 is 0 Å². The van der Waals surface area contributed by atoms with Gasteiger partial charge >= 0.3 is 0 Å². The van der Waals surface area contributed by atoms with E-state index in [1.807, 2.05) is 13.8 Å². The fourth-order valence-electron chi connectivity index (χ4n) is 1.95. The van der Waals surface area contributed by atoms with Gasteiger partial charge in [-0.2, -0.15) is 0 Å². The van der Waals surface area contributed by atoms with Crippen molar-refractivity contribution in [3.05, 3.63) is 17.3 Å². The van der Waals surface area contributed by atoms with Gasteiger partial charge in [0, 0.05) is 19.6 Å². The SMILES string of the molecule is CN=C(NCCCCN(C)C(C)C)NCc1nc(C)c(C)o1.I. The van der Waals surface area contributed by atoms with E-state index in [0.717, 1.165) is 36.9 Å². The first-order valence-electron chi connectivity index (χ1n) is 8.01. The van der Waals surface area contributed by atoms with Crippen LogP contribution in [0, 0.1) is 13.8 Å². The summed E-state index contributed by atoms with van der Waals surface area (Å²) in [5.74, 6) is 2.34. The highest BCUT2D eigenvalue weighted by Gasteiger charge is 2.06. The normalized spacial score (nSPS) is 11.7. The maximum absolute atomic E-state index is 5.54. The topological polar surface area (TPSA) is 65.7 Å². The molecule has 1 heterocycles. The van der Waals surface area contributed by atoms with Crippen LogP contribution >= 0.6 is 24.0 Å². The fraction of sp³-hybridized carbons (Fsp3) is 0.750. The van der Waals surface area contributed by atoms with Gasteiger partial charge in [0.05, 0.1) is 12.2 Å². The number of nitrogens with one attached hydrogen (secondary N) is 2. The molecule has 0 saturated carbocycles. The second-order valence-corrected chi connectivity index (χ2v) is 5.88. The Balaban J connectivity index is 0.00000484. The summed E-state index contributed by atoms with van der Waals surface area (Å²) in [7, 11) is 3.94. The summed E-state index contributed by atoms with van der Waals surface area (Å²) < 4.78 is 5.54. The van der Waals surface area contributed by atoms with Crippen LogP contribution in [0.2, 0.25) is 0 Å². The van der Waals surface area contributed by atoms with Crippen LogP contribution in [0.4, 0.5) is 0 Å². The van der Waals surface area contributed by atoms with Gasteiger partial charge in [0.2, 0.25) is 5.89 Å². The van der Waals surface area contributed by atoms with Gasteiger partial charge in [-0.3, -0.25) is 4.99 Å². The van der Waals surface area contributed by atoms with Crippen molar-refractivity contribution in [3.63, 3.8) is 0 Å². The summed E-state index contributed by atoms with van der Waals surface area (Å²) in [6, 6.07) is 0.607. The lowest BCUT2D eigenvalue weighted by Crippen LogP contribution is -2.37. The van der Waals surface area contributed by atoms with Crippen LogP contribution in [-0.2, 0) is 6.54 Å². The number of nitrogens with zero attached hydrogens (tertiary/aromatic N) is 3. The molecule has 0 aliphatic rings. The van der Waals surface area contributed by atoms with Crippen molar-refractivity contribution < 1.29 is 4.42 Å². The zero-order chi connectivity index (χ0) is 16.5. The molecule has 0 spiro atoms. The summed E-state index contributed by atoms with van der Waals surface area (Å²) in [6.07, 6.45) is 2.30. The molecular weight excluding hydrogens is 405 g/mol. The number of aliphatic imine (C=N–C) groups is 1. The Hall–Kier alpha value is -0.830. The largest absolute Gasteiger partial charge is 0.444 e. The minimum atomic E-state index is 0. The van der Waals surface area contributed by atoms with E-state index in [4.69, 9.17) is 4.42 Å². The van der Waals surface area contributed by atoms with E-state index in [-0.39, 0.29) is 24.0 Å². The molecular formula is C16H32IN5O. The Morgan fingerprint density at radius 1 is 1.26 bits per heavy atom. The summed E-state index contributed by atoms with van der Waals surface area (Å²) >= 11 is 0. The van der Waals surface area contributed by atoms with Crippen LogP contribution < -0.4 is 10.6 Å². The highest BCUT2D eigenvalue weighted by Crippen LogP contribution is 2.07. The van der Waals surface area contributed by atoms with Crippen molar-refractivity contribution in [3.8, 4) is 0 Å². The van der Waals surface area contributed by atoms with E-state index < -0.39 is 0 Å². The Labute approximate surface area is 157 Å². The first-order chi connectivity index (χ1) is 10.4. The molecule has 0 fully saturated rings. The van der Waals surface area contributed by atoms with E-state index in [1.54, 1.807) is 7.05 Å². The summed E-state index contributed by atoms with van der Waals surface area (Å²) in [6.45, 7) is 10.9. The number of halogens is 1. The Morgan fingerprint density at radius 2 is 1.96 bits per heavy atom. The summed E-state index contributed by atoms with van der Waals surface area (Å²) in [5.41, 5.74) is 0.939. The van der Waals surface area contributed by atoms with Crippen LogP contribution in [0.1, 0.15) is 44.0 Å². The molecule has 1 rings (SSSR count). The highest BCUT2D eigenvalue weighted by atomic mass is 127. The van der Waals surface area contributed by atoms with Crippen molar-refractivity contribution in [2.45, 2.75) is 53.1 Å². The Bertz CT molecular complexity index is 454. The number of guanidine groups is 1. The van der Waals surface area contributed by atoms with Crippen LogP contribution in [0.3, 0.4) is 0 Å². The third-order valence-electron chi connectivity index (χ3n) is 3.82. The first kappa shape index (κ1) is 22.2. The van der Waals surface area contributed by atoms with E-state index in [0.29, 0.717) is 18.5 Å². The van der Waals surface area contributed by atoms with Gasteiger partial charge in [-0.1, -0.05) is 0 Å². The van der Waals surface area contributed by atoms with Gasteiger partial charge in [0.15, 0.2) is 5.96 Å². The van der Waals surface area contributed by atoms with Gasteiger partial charge in [0.25, 0.3) is 0 Å². The maximum Gasteiger partial charge on any atom is 0.214 e. The molecule has 0 aromatic carbocycles. The first-order valence-corrected chi connectivity index (χ1v) is 8.01. The predicted octanol–water partition coefficient (Wildman–Crippen LogP) is 2.69. The Kier molecular flexibility index (Phi) is 11.2. The van der Waals surface area contributed by atoms with Crippen LogP contribution in [0.15, 0.2) is 9.41 Å². The number of oxazole rings is 1. The van der Waals surface area contributed by atoms with Crippen molar-refractivity contribution in [2.75, 3.05) is 27.2 Å². The second kappa shape index (κ2) is 11.7. The lowest BCUT2D eigenvalue weighted by atomic mass is 10.2. The smallest absolute Gasteiger partial charge is 0.214 e. The third kappa shape index (κ3) is 8.55. The summed E-state index contributed by atoms with van der Waals surface area (Å²) in [4.78, 5) is 10.9. The van der Waals surface area contributed by atoms with E-state index in [2.05, 4.69) is 46.4 Å². The number of hydrogen-bond donors (Lipinski definition) is 2. The Morgan fingerprint density at radius 3 is 2.48 bits per heavy atom. The van der Waals surface area contributed by atoms with Crippen molar-refractivity contribution in [2.24, 2.45) is 4.99 Å². The number of aromatic nitrogens is 1. The number of aryl methyl sites for hydroxylation is 2. The van der Waals surface area contributed by atoms with E-state index in [9.17, 15) is 0 Å². The van der Waals surface area contributed by atoms with Crippen LogP contribution in [-0.4, -0.2) is 49.1 Å². The lowest BCUT2D eigenvalue weighted by Gasteiger charge is -2.20. The van der Waals surface area contributed by atoms with Crippen molar-refractivity contribution in [1.29, 1.82) is 0 Å². The number of unbranched alkanes of at least 4 members (excludes halogenated alkanes) is 1. The van der Waals surface area contributed by atoms with Gasteiger partial charge in [-0.05, 0) is 54.1 Å². The number of hydrogen-bond acceptors (Lipinski definition) is 4. The highest BCUT2D eigenvalue weighted by molar-refractivity contribution is 14.0. The maximum atomic E-state index is 5.54. The molecule has 2 N–H and O–H groups in total. The van der Waals surface area contributed by atoms with Crippen molar-refractivity contribution >= 4 is 29.9 Å². The lowest BCUT2D eigenvalue weighted by molar-refractivity contribution is 0.268. The molecule has 0 atom stereocenters. The molecule has 6 nitrogen and oxygen atoms in total. The van der Waals surface area contributed by atoms with Crippen LogP contribution in [0.5, 0.6) is 0 Å². The zero-order valence-electron chi connectivity index (χ0n) is 15.3. The molecule has 7 heteroatoms. The fourth-order valence-corrected chi connectivity index (χ4v) is 1.95. The average Bonchev–Trinajstić information content (AvgIpc) is 2.80. The quantitative estimate of drug-likeness (QED) is 0.283. The van der Waals surface area contributed by atoms with Crippen molar-refractivity contribution in [1.82, 2.24) is 20.5 Å². The number of rotatable bonds is 8. The molecule has 23 heavy (non-hydrogen) atoms. The third-order valence-corrected chi connectivity index (χ3v) is 3.82. The molecule has 1 aromatic heterocycles. The standard InChI is InChI=1S/C16H31N5O.HI/c1-12(2)21(6)10-8-7-9-18-16(17-5)19-11-15-20-13(3)14(4)22-15;/h12H,7-11H2,1-6H3,(H2,17,18,19);1H. The van der Waals surface area contributed by atoms with E-state index in [1.165, 1.54) is 6.42 Å². The van der Waals surface area contributed by atoms with Gasteiger partial charge in [-0.25, -0.2) is 4.98 Å². The minimum Gasteiger partial charge on any atom is -0.444 e. The van der Waals surface area contributed by atoms with Crippen LogP contribution in [0.25, 0.3) is 0 Å². The van der Waals surface area contributed by atoms with Gasteiger partial charge in [-0.15, -0.1) is 24.0 Å². The molecule has 0 aliphatic heterocycles. The molecule has 0 bridgehead atoms. The molecule has 0 radical (unpaired) electrons. The average molecular weight is 437 g/mol. The van der Waals surface area contributed by atoms with Gasteiger partial charge < -0.3 is 20.0 Å². The molecule has 0 aliphatic carbocycles. The summed E-state index contributed by atoms with van der Waals surface area (Å²) in [5, 5.41) is 6.53. The minimum absolute atomic E-state index is 0.